The number of pyridine rings is 3. The molecule has 8 aromatic rings. The standard InChI is InChI=1S/C31H31N2O.C23H26NSi.Ir/c1-7-22(8-2)23-16-17-33(6)26(18-23)29-21(5)12-13-24-30-27(34-31(24)29)15-14-25(32-30)28-19(3)10-9-11-20(28)4;1-17-14-18(2)22(15-21(17)19-10-8-7-9-11-19)23-13-12-20(16-24(23)3)25(4,5)6;/h9-18,22H,5-8H2,1-4H3;7-16H,2-3H2,1,4-6H3;/q2*-1;. The third-order valence-corrected chi connectivity index (χ3v) is 13.8. The van der Waals surface area contributed by atoms with E-state index in [9.17, 15) is 0 Å². The quantitative estimate of drug-likeness (QED) is 0.0864. The molecule has 60 heavy (non-hydrogen) atoms. The van der Waals surface area contributed by atoms with Crippen molar-refractivity contribution in [2.45, 2.75) is 73.0 Å². The van der Waals surface area contributed by atoms with Gasteiger partial charge in [0.1, 0.15) is 5.52 Å². The Hall–Kier alpha value is -5.52. The van der Waals surface area contributed by atoms with Crippen LogP contribution in [0.2, 0.25) is 19.6 Å². The van der Waals surface area contributed by atoms with Gasteiger partial charge in [-0.1, -0.05) is 135 Å². The summed E-state index contributed by atoms with van der Waals surface area (Å²) < 4.78 is 10.4. The van der Waals surface area contributed by atoms with Crippen molar-refractivity contribution in [2.75, 3.05) is 0 Å². The molecule has 0 bridgehead atoms. The topological polar surface area (TPSA) is 33.8 Å². The van der Waals surface area contributed by atoms with Gasteiger partial charge in [-0.05, 0) is 67.0 Å². The van der Waals surface area contributed by atoms with E-state index < -0.39 is 8.07 Å². The van der Waals surface area contributed by atoms with Crippen molar-refractivity contribution in [3.05, 3.63) is 183 Å². The second-order valence-electron chi connectivity index (χ2n) is 16.9. The number of aromatic nitrogens is 3. The van der Waals surface area contributed by atoms with Crippen molar-refractivity contribution < 1.29 is 33.7 Å². The fraction of sp³-hybridized carbons (Fsp3) is 0.204. The molecule has 8 rings (SSSR count). The first kappa shape index (κ1) is 44.0. The summed E-state index contributed by atoms with van der Waals surface area (Å²) in [5.74, 6) is 0.518. The van der Waals surface area contributed by atoms with Crippen molar-refractivity contribution in [3.63, 3.8) is 0 Å². The van der Waals surface area contributed by atoms with Crippen LogP contribution in [0.1, 0.15) is 66.0 Å². The molecule has 6 heteroatoms. The van der Waals surface area contributed by atoms with Crippen molar-refractivity contribution in [1.82, 2.24) is 4.98 Å². The van der Waals surface area contributed by atoms with E-state index in [-0.39, 0.29) is 20.1 Å². The Balaban J connectivity index is 0.000000207. The predicted molar refractivity (Wildman–Crippen MR) is 251 cm³/mol. The fourth-order valence-electron chi connectivity index (χ4n) is 8.33. The van der Waals surface area contributed by atoms with Crippen LogP contribution < -0.4 is 14.3 Å². The minimum absolute atomic E-state index is 0. The summed E-state index contributed by atoms with van der Waals surface area (Å²) in [5, 5.41) is 2.41. The third-order valence-electron chi connectivity index (χ3n) is 11.8. The third kappa shape index (κ3) is 8.69. The van der Waals surface area contributed by atoms with Crippen LogP contribution in [-0.4, -0.2) is 13.1 Å². The minimum atomic E-state index is -1.35. The maximum Gasteiger partial charge on any atom is 0.152 e. The maximum absolute atomic E-state index is 6.43. The average molecular weight is 984 g/mol. The van der Waals surface area contributed by atoms with E-state index >= 15 is 0 Å². The van der Waals surface area contributed by atoms with Crippen molar-refractivity contribution in [2.24, 2.45) is 0 Å². The molecule has 0 aliphatic rings. The Labute approximate surface area is 372 Å². The van der Waals surface area contributed by atoms with Crippen LogP contribution in [0.15, 0.2) is 126 Å². The number of nitrogens with zero attached hydrogens (tertiary/aromatic N) is 3. The van der Waals surface area contributed by atoms with Crippen LogP contribution in [0.25, 0.3) is 67.0 Å². The molecular weight excluding hydrogens is 927 g/mol. The van der Waals surface area contributed by atoms with E-state index in [2.05, 4.69) is 192 Å². The molecule has 0 N–H and O–H groups in total. The zero-order valence-electron chi connectivity index (χ0n) is 36.5. The molecule has 1 radical (unpaired) electrons. The Kier molecular flexibility index (Phi) is 13.2. The summed E-state index contributed by atoms with van der Waals surface area (Å²) in [4.78, 5) is 5.08. The van der Waals surface area contributed by atoms with E-state index in [1.54, 1.807) is 0 Å². The predicted octanol–water partition coefficient (Wildman–Crippen LogP) is 12.9. The minimum Gasteiger partial charge on any atom is -0.468 e. The van der Waals surface area contributed by atoms with Crippen molar-refractivity contribution >= 4 is 35.3 Å². The molecule has 4 aromatic heterocycles. The number of aryl methyl sites for hydroxylation is 3. The first-order chi connectivity index (χ1) is 28.2. The number of rotatable bonds is 8. The average Bonchev–Trinajstić information content (AvgIpc) is 3.57. The zero-order chi connectivity index (χ0) is 42.2. The van der Waals surface area contributed by atoms with Crippen LogP contribution in [0.4, 0.5) is 0 Å². The molecule has 0 aliphatic heterocycles. The van der Waals surface area contributed by atoms with E-state index in [0.717, 1.165) is 74.2 Å². The van der Waals surface area contributed by atoms with E-state index in [0.29, 0.717) is 5.92 Å². The Morgan fingerprint density at radius 3 is 2.02 bits per heavy atom. The maximum atomic E-state index is 6.43. The SMILES string of the molecule is [CH2-]c1cc(C)c(-c2ccccc2)cc1-c1ccc([Si](C)(C)C)c[n+]1[CH2-].[CH2-]c1ccc2c(oc3ccc(-c4c(C)cccc4C)nc32)c1-c1cc(C(CC)CC)cc[n+]1[CH2-].[Ir]. The number of hydrogen-bond donors (Lipinski definition) is 0. The van der Waals surface area contributed by atoms with E-state index in [1.807, 2.05) is 21.4 Å². The van der Waals surface area contributed by atoms with Gasteiger partial charge in [0.25, 0.3) is 0 Å². The molecular formula is C54H57IrN3OSi-2. The van der Waals surface area contributed by atoms with Crippen LogP contribution in [0.5, 0.6) is 0 Å². The smallest absolute Gasteiger partial charge is 0.152 e. The largest absolute Gasteiger partial charge is 0.468 e. The molecule has 0 fully saturated rings. The second-order valence-corrected chi connectivity index (χ2v) is 22.0. The molecule has 0 atom stereocenters. The molecule has 4 nitrogen and oxygen atoms in total. The van der Waals surface area contributed by atoms with Gasteiger partial charge in [-0.2, -0.15) is 37.1 Å². The first-order valence-corrected chi connectivity index (χ1v) is 24.2. The summed E-state index contributed by atoms with van der Waals surface area (Å²) >= 11 is 0. The Morgan fingerprint density at radius 1 is 0.667 bits per heavy atom. The number of hydrogen-bond acceptors (Lipinski definition) is 2. The van der Waals surface area contributed by atoms with Gasteiger partial charge in [0, 0.05) is 45.2 Å². The Bertz CT molecular complexity index is 2790. The van der Waals surface area contributed by atoms with Gasteiger partial charge in [0.2, 0.25) is 0 Å². The zero-order valence-corrected chi connectivity index (χ0v) is 39.8. The van der Waals surface area contributed by atoms with Crippen molar-refractivity contribution in [1.29, 1.82) is 0 Å². The molecule has 0 amide bonds. The van der Waals surface area contributed by atoms with Crippen LogP contribution in [0.3, 0.4) is 0 Å². The molecule has 0 saturated carbocycles. The molecule has 0 aliphatic carbocycles. The van der Waals surface area contributed by atoms with Gasteiger partial charge >= 0.3 is 0 Å². The number of furan rings is 1. The monoisotopic (exact) mass is 984 g/mol. The summed E-state index contributed by atoms with van der Waals surface area (Å²) in [6.45, 7) is 26.6. The van der Waals surface area contributed by atoms with Gasteiger partial charge in [-0.15, -0.1) is 17.7 Å². The fourth-order valence-corrected chi connectivity index (χ4v) is 9.46. The van der Waals surface area contributed by atoms with Gasteiger partial charge in [-0.25, -0.2) is 4.98 Å². The molecule has 4 heterocycles. The summed E-state index contributed by atoms with van der Waals surface area (Å²) in [7, 11) is 7.15. The Morgan fingerprint density at radius 2 is 1.37 bits per heavy atom. The second kappa shape index (κ2) is 18.0. The molecule has 0 saturated heterocycles. The van der Waals surface area contributed by atoms with Crippen LogP contribution >= 0.6 is 0 Å². The van der Waals surface area contributed by atoms with E-state index in [4.69, 9.17) is 9.40 Å². The summed E-state index contributed by atoms with van der Waals surface area (Å²) in [6, 6.07) is 38.4. The molecule has 0 unspecified atom stereocenters. The normalized spacial score (nSPS) is 11.4. The van der Waals surface area contributed by atoms with Gasteiger partial charge < -0.3 is 13.6 Å². The van der Waals surface area contributed by atoms with Crippen molar-refractivity contribution in [3.8, 4) is 44.9 Å². The number of benzene rings is 4. The van der Waals surface area contributed by atoms with E-state index in [1.165, 1.54) is 44.1 Å². The van der Waals surface area contributed by atoms with Gasteiger partial charge in [0.15, 0.2) is 5.58 Å². The number of fused-ring (bicyclic) bond motifs is 3. The first-order valence-electron chi connectivity index (χ1n) is 20.7. The van der Waals surface area contributed by atoms with Gasteiger partial charge in [0.05, 0.1) is 43.1 Å². The summed E-state index contributed by atoms with van der Waals surface area (Å²) in [5.41, 5.74) is 18.3. The molecule has 0 spiro atoms. The molecule has 309 valence electrons. The van der Waals surface area contributed by atoms with Crippen LogP contribution in [0, 0.1) is 48.7 Å². The molecule has 4 aromatic carbocycles. The van der Waals surface area contributed by atoms with Crippen LogP contribution in [-0.2, 0) is 20.1 Å². The summed E-state index contributed by atoms with van der Waals surface area (Å²) in [6.07, 6.45) is 6.44. The van der Waals surface area contributed by atoms with Gasteiger partial charge in [-0.3, -0.25) is 0 Å².